The standard InChI is InChI=1S/C16H17N3S/c1-2-19(11-12-5-4-10-20-12)15-8-7-14(17)13-6-3-9-18-16(13)15/h3-10H,2,11,17H2,1H3. The normalized spacial score (nSPS) is 10.8. The first-order valence-corrected chi connectivity index (χ1v) is 7.58. The third-order valence-electron chi connectivity index (χ3n) is 3.43. The van der Waals surface area contributed by atoms with E-state index in [2.05, 4.69) is 40.4 Å². The topological polar surface area (TPSA) is 42.1 Å². The average molecular weight is 283 g/mol. The molecule has 3 nitrogen and oxygen atoms in total. The second-order valence-corrected chi connectivity index (χ2v) is 5.70. The van der Waals surface area contributed by atoms with E-state index in [1.807, 2.05) is 24.4 Å². The zero-order valence-electron chi connectivity index (χ0n) is 11.4. The van der Waals surface area contributed by atoms with E-state index in [-0.39, 0.29) is 0 Å². The highest BCUT2D eigenvalue weighted by Crippen LogP contribution is 2.30. The summed E-state index contributed by atoms with van der Waals surface area (Å²) in [6.07, 6.45) is 1.82. The molecular formula is C16H17N3S. The van der Waals surface area contributed by atoms with Crippen molar-refractivity contribution in [3.05, 3.63) is 52.9 Å². The van der Waals surface area contributed by atoms with Crippen LogP contribution in [-0.2, 0) is 6.54 Å². The van der Waals surface area contributed by atoms with Crippen LogP contribution in [0, 0.1) is 0 Å². The molecule has 0 unspecified atom stereocenters. The summed E-state index contributed by atoms with van der Waals surface area (Å²) >= 11 is 1.78. The van der Waals surface area contributed by atoms with Gasteiger partial charge in [0.1, 0.15) is 0 Å². The second-order valence-electron chi connectivity index (χ2n) is 4.67. The van der Waals surface area contributed by atoms with Gasteiger partial charge in [-0.15, -0.1) is 11.3 Å². The number of aromatic nitrogens is 1. The van der Waals surface area contributed by atoms with Crippen LogP contribution in [0.3, 0.4) is 0 Å². The molecule has 20 heavy (non-hydrogen) atoms. The van der Waals surface area contributed by atoms with Crippen LogP contribution >= 0.6 is 11.3 Å². The number of pyridine rings is 1. The molecule has 0 aliphatic heterocycles. The predicted octanol–water partition coefficient (Wildman–Crippen LogP) is 3.91. The first-order chi connectivity index (χ1) is 9.79. The summed E-state index contributed by atoms with van der Waals surface area (Å²) in [5.74, 6) is 0. The van der Waals surface area contributed by atoms with Crippen molar-refractivity contribution >= 4 is 33.6 Å². The molecule has 0 aliphatic carbocycles. The van der Waals surface area contributed by atoms with Crippen LogP contribution in [-0.4, -0.2) is 11.5 Å². The van der Waals surface area contributed by atoms with E-state index in [1.54, 1.807) is 11.3 Å². The van der Waals surface area contributed by atoms with Crippen molar-refractivity contribution in [1.29, 1.82) is 0 Å². The van der Waals surface area contributed by atoms with Gasteiger partial charge in [0.15, 0.2) is 0 Å². The Morgan fingerprint density at radius 2 is 2.10 bits per heavy atom. The Balaban J connectivity index is 2.05. The van der Waals surface area contributed by atoms with Crippen LogP contribution in [0.4, 0.5) is 11.4 Å². The van der Waals surface area contributed by atoms with Gasteiger partial charge in [-0.05, 0) is 42.6 Å². The Bertz CT molecular complexity index is 707. The maximum Gasteiger partial charge on any atom is 0.0956 e. The van der Waals surface area contributed by atoms with Crippen molar-refractivity contribution in [2.24, 2.45) is 0 Å². The number of nitrogens with zero attached hydrogens (tertiary/aromatic N) is 2. The van der Waals surface area contributed by atoms with Crippen molar-refractivity contribution in [2.75, 3.05) is 17.2 Å². The highest BCUT2D eigenvalue weighted by atomic mass is 32.1. The molecule has 0 radical (unpaired) electrons. The fourth-order valence-electron chi connectivity index (χ4n) is 2.39. The van der Waals surface area contributed by atoms with E-state index >= 15 is 0 Å². The van der Waals surface area contributed by atoms with Crippen molar-refractivity contribution in [3.63, 3.8) is 0 Å². The molecule has 0 saturated heterocycles. The minimum Gasteiger partial charge on any atom is -0.398 e. The van der Waals surface area contributed by atoms with Gasteiger partial charge in [0, 0.05) is 28.7 Å². The van der Waals surface area contributed by atoms with E-state index in [9.17, 15) is 0 Å². The Morgan fingerprint density at radius 1 is 1.20 bits per heavy atom. The highest BCUT2D eigenvalue weighted by molar-refractivity contribution is 7.09. The second kappa shape index (κ2) is 5.51. The fourth-order valence-corrected chi connectivity index (χ4v) is 3.11. The lowest BCUT2D eigenvalue weighted by Gasteiger charge is -2.24. The maximum atomic E-state index is 6.05. The molecule has 0 amide bonds. The van der Waals surface area contributed by atoms with Gasteiger partial charge in [-0.1, -0.05) is 6.07 Å². The Hall–Kier alpha value is -2.07. The van der Waals surface area contributed by atoms with E-state index in [0.29, 0.717) is 0 Å². The lowest BCUT2D eigenvalue weighted by molar-refractivity contribution is 0.845. The largest absolute Gasteiger partial charge is 0.398 e. The summed E-state index contributed by atoms with van der Waals surface area (Å²) in [6, 6.07) is 12.3. The Kier molecular flexibility index (Phi) is 3.56. The number of nitrogen functional groups attached to an aromatic ring is 1. The lowest BCUT2D eigenvalue weighted by atomic mass is 10.1. The SMILES string of the molecule is CCN(Cc1cccs1)c1ccc(N)c2cccnc12. The minimum atomic E-state index is 0.782. The molecule has 1 aromatic carbocycles. The molecule has 2 N–H and O–H groups in total. The van der Waals surface area contributed by atoms with E-state index in [4.69, 9.17) is 5.73 Å². The predicted molar refractivity (Wildman–Crippen MR) is 87.2 cm³/mol. The van der Waals surface area contributed by atoms with Gasteiger partial charge in [0.05, 0.1) is 17.7 Å². The van der Waals surface area contributed by atoms with Gasteiger partial charge in [-0.3, -0.25) is 4.98 Å². The summed E-state index contributed by atoms with van der Waals surface area (Å²) in [6.45, 7) is 4.01. The van der Waals surface area contributed by atoms with E-state index in [1.165, 1.54) is 4.88 Å². The first-order valence-electron chi connectivity index (χ1n) is 6.70. The number of fused-ring (bicyclic) bond motifs is 1. The number of benzene rings is 1. The summed E-state index contributed by atoms with van der Waals surface area (Å²) < 4.78 is 0. The van der Waals surface area contributed by atoms with E-state index in [0.717, 1.165) is 35.4 Å². The van der Waals surface area contributed by atoms with E-state index < -0.39 is 0 Å². The third-order valence-corrected chi connectivity index (χ3v) is 4.29. The van der Waals surface area contributed by atoms with Crippen LogP contribution in [0.1, 0.15) is 11.8 Å². The van der Waals surface area contributed by atoms with Crippen molar-refractivity contribution in [3.8, 4) is 0 Å². The Morgan fingerprint density at radius 3 is 2.85 bits per heavy atom. The van der Waals surface area contributed by atoms with Gasteiger partial charge >= 0.3 is 0 Å². The van der Waals surface area contributed by atoms with Gasteiger partial charge < -0.3 is 10.6 Å². The van der Waals surface area contributed by atoms with Gasteiger partial charge in [-0.25, -0.2) is 0 Å². The first kappa shape index (κ1) is 12.9. The van der Waals surface area contributed by atoms with Gasteiger partial charge in [0.25, 0.3) is 0 Å². The third kappa shape index (κ3) is 2.34. The minimum absolute atomic E-state index is 0.782. The molecule has 0 saturated carbocycles. The molecule has 4 heteroatoms. The van der Waals surface area contributed by atoms with Crippen LogP contribution in [0.2, 0.25) is 0 Å². The number of hydrogen-bond acceptors (Lipinski definition) is 4. The molecule has 2 heterocycles. The Labute approximate surface area is 122 Å². The summed E-state index contributed by atoms with van der Waals surface area (Å²) in [4.78, 5) is 8.21. The number of thiophene rings is 1. The molecular weight excluding hydrogens is 266 g/mol. The molecule has 0 atom stereocenters. The molecule has 3 aromatic rings. The monoisotopic (exact) mass is 283 g/mol. The summed E-state index contributed by atoms with van der Waals surface area (Å²) in [5, 5.41) is 3.14. The molecule has 102 valence electrons. The summed E-state index contributed by atoms with van der Waals surface area (Å²) in [5.41, 5.74) is 8.95. The number of anilines is 2. The van der Waals surface area contributed by atoms with Gasteiger partial charge in [-0.2, -0.15) is 0 Å². The van der Waals surface area contributed by atoms with Crippen molar-refractivity contribution < 1.29 is 0 Å². The smallest absolute Gasteiger partial charge is 0.0956 e. The van der Waals surface area contributed by atoms with Crippen molar-refractivity contribution in [2.45, 2.75) is 13.5 Å². The molecule has 0 spiro atoms. The quantitative estimate of drug-likeness (QED) is 0.738. The fraction of sp³-hybridized carbons (Fsp3) is 0.188. The molecule has 0 bridgehead atoms. The van der Waals surface area contributed by atoms with Crippen LogP contribution < -0.4 is 10.6 Å². The van der Waals surface area contributed by atoms with Crippen LogP contribution in [0.25, 0.3) is 10.9 Å². The molecule has 0 fully saturated rings. The zero-order chi connectivity index (χ0) is 13.9. The zero-order valence-corrected chi connectivity index (χ0v) is 12.2. The highest BCUT2D eigenvalue weighted by Gasteiger charge is 2.12. The number of nitrogens with two attached hydrogens (primary N) is 1. The van der Waals surface area contributed by atoms with Crippen molar-refractivity contribution in [1.82, 2.24) is 4.98 Å². The molecule has 3 rings (SSSR count). The summed E-state index contributed by atoms with van der Waals surface area (Å²) in [7, 11) is 0. The number of hydrogen-bond donors (Lipinski definition) is 1. The van der Waals surface area contributed by atoms with Gasteiger partial charge in [0.2, 0.25) is 0 Å². The number of rotatable bonds is 4. The van der Waals surface area contributed by atoms with Crippen LogP contribution in [0.5, 0.6) is 0 Å². The molecule has 2 aromatic heterocycles. The lowest BCUT2D eigenvalue weighted by Crippen LogP contribution is -2.22. The van der Waals surface area contributed by atoms with Crippen LogP contribution in [0.15, 0.2) is 48.0 Å². The molecule has 0 aliphatic rings. The average Bonchev–Trinajstić information content (AvgIpc) is 2.99. The maximum absolute atomic E-state index is 6.05.